The van der Waals surface area contributed by atoms with Crippen molar-refractivity contribution in [3.8, 4) is 17.0 Å². The third-order valence-electron chi connectivity index (χ3n) is 5.15. The molecule has 1 aliphatic rings. The van der Waals surface area contributed by atoms with E-state index in [1.165, 1.54) is 11.1 Å². The molecule has 1 aliphatic heterocycles. The Bertz CT molecular complexity index is 1300. The summed E-state index contributed by atoms with van der Waals surface area (Å²) in [6.45, 7) is 2.82. The van der Waals surface area contributed by atoms with Crippen LogP contribution in [-0.4, -0.2) is 17.1 Å². The summed E-state index contributed by atoms with van der Waals surface area (Å²) in [6, 6.07) is 24.5. The molecule has 4 aromatic rings. The smallest absolute Gasteiger partial charge is 0.262 e. The lowest BCUT2D eigenvalue weighted by molar-refractivity contribution is -0.118. The molecule has 0 saturated carbocycles. The zero-order valence-corrected chi connectivity index (χ0v) is 17.9. The second kappa shape index (κ2) is 8.24. The number of hydrogen-bond donors (Lipinski definition) is 1. The number of hydrogen-bond acceptors (Lipinski definition) is 4. The Hall–Kier alpha value is -3.64. The van der Waals surface area contributed by atoms with Crippen molar-refractivity contribution in [3.63, 3.8) is 0 Å². The summed E-state index contributed by atoms with van der Waals surface area (Å²) in [6.07, 6.45) is 0. The number of carbonyl (C=O) groups is 1. The SMILES string of the molecule is Cc1ccc(N=c2scc(-c3ccc4c(c3)NC(=O)CO4)n2Cc2ccccc2)cc1. The van der Waals surface area contributed by atoms with Gasteiger partial charge in [0, 0.05) is 10.9 Å². The predicted octanol–water partition coefficient (Wildman–Crippen LogP) is 5.14. The first-order chi connectivity index (χ1) is 15.2. The van der Waals surface area contributed by atoms with Gasteiger partial charge in [-0.25, -0.2) is 4.99 Å². The predicted molar refractivity (Wildman–Crippen MR) is 124 cm³/mol. The van der Waals surface area contributed by atoms with Crippen LogP contribution in [0.5, 0.6) is 5.75 Å². The maximum absolute atomic E-state index is 11.8. The van der Waals surface area contributed by atoms with Gasteiger partial charge in [-0.2, -0.15) is 0 Å². The summed E-state index contributed by atoms with van der Waals surface area (Å²) in [5.41, 5.74) is 6.07. The van der Waals surface area contributed by atoms with Gasteiger partial charge in [0.2, 0.25) is 0 Å². The monoisotopic (exact) mass is 427 g/mol. The average Bonchev–Trinajstić information content (AvgIpc) is 3.17. The van der Waals surface area contributed by atoms with Crippen LogP contribution in [0.15, 0.2) is 83.2 Å². The van der Waals surface area contributed by atoms with Crippen molar-refractivity contribution >= 4 is 28.6 Å². The second-order valence-electron chi connectivity index (χ2n) is 7.47. The molecule has 0 fully saturated rings. The number of nitrogens with one attached hydrogen (secondary N) is 1. The van der Waals surface area contributed by atoms with Gasteiger partial charge < -0.3 is 14.6 Å². The van der Waals surface area contributed by atoms with Crippen LogP contribution in [0.25, 0.3) is 11.3 Å². The molecule has 1 N–H and O–H groups in total. The third-order valence-corrected chi connectivity index (χ3v) is 6.01. The summed E-state index contributed by atoms with van der Waals surface area (Å²) in [5.74, 6) is 0.556. The molecule has 0 atom stereocenters. The molecule has 1 amide bonds. The molecular weight excluding hydrogens is 406 g/mol. The molecule has 0 saturated heterocycles. The minimum Gasteiger partial charge on any atom is -0.482 e. The molecule has 0 unspecified atom stereocenters. The van der Waals surface area contributed by atoms with E-state index in [1.807, 2.05) is 48.5 Å². The number of nitrogens with zero attached hydrogens (tertiary/aromatic N) is 2. The van der Waals surface area contributed by atoms with Crippen LogP contribution in [0.2, 0.25) is 0 Å². The molecule has 0 aliphatic carbocycles. The molecule has 2 heterocycles. The minimum atomic E-state index is -0.137. The molecule has 3 aromatic carbocycles. The Morgan fingerprint density at radius 2 is 1.87 bits per heavy atom. The van der Waals surface area contributed by atoms with E-state index in [4.69, 9.17) is 9.73 Å². The van der Waals surface area contributed by atoms with Crippen LogP contribution >= 0.6 is 11.3 Å². The number of thiazole rings is 1. The largest absolute Gasteiger partial charge is 0.482 e. The van der Waals surface area contributed by atoms with Crippen molar-refractivity contribution < 1.29 is 9.53 Å². The van der Waals surface area contributed by atoms with E-state index in [1.54, 1.807) is 11.3 Å². The van der Waals surface area contributed by atoms with E-state index in [0.29, 0.717) is 18.0 Å². The highest BCUT2D eigenvalue weighted by Gasteiger charge is 2.18. The number of anilines is 1. The lowest BCUT2D eigenvalue weighted by Gasteiger charge is -2.19. The first-order valence-electron chi connectivity index (χ1n) is 10.1. The topological polar surface area (TPSA) is 55.6 Å². The Morgan fingerprint density at radius 1 is 1.06 bits per heavy atom. The second-order valence-corrected chi connectivity index (χ2v) is 8.31. The van der Waals surface area contributed by atoms with Crippen LogP contribution in [0.1, 0.15) is 11.1 Å². The maximum Gasteiger partial charge on any atom is 0.262 e. The lowest BCUT2D eigenvalue weighted by atomic mass is 10.1. The van der Waals surface area contributed by atoms with E-state index in [0.717, 1.165) is 21.7 Å². The minimum absolute atomic E-state index is 0.0540. The van der Waals surface area contributed by atoms with Gasteiger partial charge in [-0.05, 0) is 42.8 Å². The quantitative estimate of drug-likeness (QED) is 0.490. The van der Waals surface area contributed by atoms with E-state index >= 15 is 0 Å². The van der Waals surface area contributed by atoms with Crippen LogP contribution in [-0.2, 0) is 11.3 Å². The Kier molecular flexibility index (Phi) is 5.14. The van der Waals surface area contributed by atoms with Crippen LogP contribution in [0.4, 0.5) is 11.4 Å². The highest BCUT2D eigenvalue weighted by atomic mass is 32.1. The lowest BCUT2D eigenvalue weighted by Crippen LogP contribution is -2.25. The number of rotatable bonds is 4. The van der Waals surface area contributed by atoms with Crippen LogP contribution in [0.3, 0.4) is 0 Å². The summed E-state index contributed by atoms with van der Waals surface area (Å²) < 4.78 is 7.73. The van der Waals surface area contributed by atoms with E-state index in [-0.39, 0.29) is 12.5 Å². The van der Waals surface area contributed by atoms with Gasteiger partial charge >= 0.3 is 0 Å². The number of benzene rings is 3. The zero-order valence-electron chi connectivity index (χ0n) is 17.0. The fourth-order valence-corrected chi connectivity index (χ4v) is 4.47. The van der Waals surface area contributed by atoms with Gasteiger partial charge in [0.25, 0.3) is 5.91 Å². The molecule has 0 bridgehead atoms. The number of ether oxygens (including phenoxy) is 1. The summed E-state index contributed by atoms with van der Waals surface area (Å²) in [5, 5.41) is 5.01. The van der Waals surface area contributed by atoms with Crippen molar-refractivity contribution in [2.75, 3.05) is 11.9 Å². The zero-order chi connectivity index (χ0) is 21.2. The van der Waals surface area contributed by atoms with Crippen molar-refractivity contribution in [1.29, 1.82) is 0 Å². The number of carbonyl (C=O) groups excluding carboxylic acids is 1. The molecular formula is C25H21N3O2S. The van der Waals surface area contributed by atoms with Gasteiger partial charge in [-0.1, -0.05) is 48.0 Å². The average molecular weight is 428 g/mol. The van der Waals surface area contributed by atoms with Gasteiger partial charge in [0.15, 0.2) is 11.4 Å². The van der Waals surface area contributed by atoms with Crippen LogP contribution < -0.4 is 14.9 Å². The molecule has 5 rings (SSSR count). The van der Waals surface area contributed by atoms with Crippen molar-refractivity contribution in [3.05, 3.63) is 94.1 Å². The van der Waals surface area contributed by atoms with E-state index in [2.05, 4.69) is 46.5 Å². The Morgan fingerprint density at radius 3 is 2.68 bits per heavy atom. The Labute approximate surface area is 184 Å². The maximum atomic E-state index is 11.8. The molecule has 5 nitrogen and oxygen atoms in total. The van der Waals surface area contributed by atoms with E-state index in [9.17, 15) is 4.79 Å². The number of amides is 1. The number of aromatic nitrogens is 1. The fourth-order valence-electron chi connectivity index (χ4n) is 3.54. The fraction of sp³-hybridized carbons (Fsp3) is 0.120. The molecule has 6 heteroatoms. The number of aryl methyl sites for hydroxylation is 1. The van der Waals surface area contributed by atoms with Crippen LogP contribution in [0, 0.1) is 6.92 Å². The summed E-state index contributed by atoms with van der Waals surface area (Å²) in [4.78, 5) is 17.6. The third kappa shape index (κ3) is 4.15. The molecule has 1 aromatic heterocycles. The van der Waals surface area contributed by atoms with Crippen molar-refractivity contribution in [1.82, 2.24) is 4.57 Å². The molecule has 0 spiro atoms. The van der Waals surface area contributed by atoms with E-state index < -0.39 is 0 Å². The highest BCUT2D eigenvalue weighted by molar-refractivity contribution is 7.07. The first kappa shape index (κ1) is 19.3. The number of fused-ring (bicyclic) bond motifs is 1. The van der Waals surface area contributed by atoms with Crippen molar-refractivity contribution in [2.45, 2.75) is 13.5 Å². The standard InChI is InChI=1S/C25H21N3O2S/c1-17-7-10-20(11-8-17)26-25-28(14-18-5-3-2-4-6-18)22(16-31-25)19-9-12-23-21(13-19)27-24(29)15-30-23/h2-13,16H,14-15H2,1H3,(H,27,29). The van der Waals surface area contributed by atoms with Crippen molar-refractivity contribution in [2.24, 2.45) is 4.99 Å². The molecule has 0 radical (unpaired) electrons. The van der Waals surface area contributed by atoms with Gasteiger partial charge in [-0.15, -0.1) is 11.3 Å². The van der Waals surface area contributed by atoms with Gasteiger partial charge in [0.05, 0.1) is 23.6 Å². The summed E-state index contributed by atoms with van der Waals surface area (Å²) in [7, 11) is 0. The van der Waals surface area contributed by atoms with Gasteiger partial charge in [-0.3, -0.25) is 4.79 Å². The first-order valence-corrected chi connectivity index (χ1v) is 10.9. The normalized spacial score (nSPS) is 13.5. The molecule has 31 heavy (non-hydrogen) atoms. The Balaban J connectivity index is 1.62. The van der Waals surface area contributed by atoms with Gasteiger partial charge in [0.1, 0.15) is 5.75 Å². The summed E-state index contributed by atoms with van der Waals surface area (Å²) >= 11 is 1.60. The highest BCUT2D eigenvalue weighted by Crippen LogP contribution is 2.33. The molecule has 154 valence electrons.